The zero-order valence-electron chi connectivity index (χ0n) is 18.7. The fourth-order valence-corrected chi connectivity index (χ4v) is 4.09. The van der Waals surface area contributed by atoms with Crippen molar-refractivity contribution in [3.05, 3.63) is 53.6 Å². The molecule has 2 rings (SSSR count). The number of phenols is 1. The van der Waals surface area contributed by atoms with Crippen LogP contribution < -0.4 is 0 Å². The Morgan fingerprint density at radius 3 is 2.79 bits per heavy atom. The van der Waals surface area contributed by atoms with Gasteiger partial charge >= 0.3 is 0 Å². The Balaban J connectivity index is 0.000000359. The van der Waals surface area contributed by atoms with Crippen LogP contribution in [-0.2, 0) is 11.2 Å². The SMILES string of the molecule is C=C1CCCC(/C=C/CCc2ccc(O)c(C)c2)C1.CCSCCCC(=O)CC. The molecule has 0 heterocycles. The molecule has 1 aromatic carbocycles. The number of hydrogen-bond acceptors (Lipinski definition) is 3. The summed E-state index contributed by atoms with van der Waals surface area (Å²) in [6, 6.07) is 5.88. The van der Waals surface area contributed by atoms with Crippen molar-refractivity contribution in [1.29, 1.82) is 0 Å². The molecule has 0 saturated heterocycles. The van der Waals surface area contributed by atoms with Crippen molar-refractivity contribution < 1.29 is 9.90 Å². The molecule has 1 N–H and O–H groups in total. The van der Waals surface area contributed by atoms with Crippen molar-refractivity contribution >= 4 is 17.5 Å². The Kier molecular flexibility index (Phi) is 13.5. The number of carbonyl (C=O) groups excluding carboxylic acids is 1. The van der Waals surface area contributed by atoms with E-state index in [1.54, 1.807) is 6.07 Å². The average Bonchev–Trinajstić information content (AvgIpc) is 2.71. The van der Waals surface area contributed by atoms with Gasteiger partial charge in [0.2, 0.25) is 0 Å². The van der Waals surface area contributed by atoms with Gasteiger partial charge in [-0.3, -0.25) is 4.79 Å². The smallest absolute Gasteiger partial charge is 0.132 e. The van der Waals surface area contributed by atoms with Gasteiger partial charge < -0.3 is 5.11 Å². The standard InChI is InChI=1S/C18H24O.C8H16OS/c1-14-6-5-9-16(12-14)7-3-4-8-17-10-11-18(19)15(2)13-17;1-3-8(9)6-5-7-10-4-2/h3,7,10-11,13,16,19H,1,4-6,8-9,12H2,2H3;3-7H2,1-2H3/b7-3+;. The van der Waals surface area contributed by atoms with E-state index in [-0.39, 0.29) is 0 Å². The van der Waals surface area contributed by atoms with Gasteiger partial charge in [0.25, 0.3) is 0 Å². The minimum atomic E-state index is 0.389. The van der Waals surface area contributed by atoms with Crippen LogP contribution in [0.5, 0.6) is 5.75 Å². The van der Waals surface area contributed by atoms with E-state index in [1.807, 2.05) is 31.7 Å². The van der Waals surface area contributed by atoms with Crippen molar-refractivity contribution in [3.63, 3.8) is 0 Å². The van der Waals surface area contributed by atoms with Crippen LogP contribution in [0.2, 0.25) is 0 Å². The van der Waals surface area contributed by atoms with Crippen LogP contribution >= 0.6 is 11.8 Å². The minimum absolute atomic E-state index is 0.389. The van der Waals surface area contributed by atoms with E-state index in [2.05, 4.69) is 31.7 Å². The molecule has 2 nitrogen and oxygen atoms in total. The maximum Gasteiger partial charge on any atom is 0.132 e. The third-order valence-electron chi connectivity index (χ3n) is 5.27. The van der Waals surface area contributed by atoms with Crippen molar-refractivity contribution in [3.8, 4) is 5.75 Å². The van der Waals surface area contributed by atoms with Gasteiger partial charge in [-0.2, -0.15) is 11.8 Å². The van der Waals surface area contributed by atoms with E-state index >= 15 is 0 Å². The zero-order valence-corrected chi connectivity index (χ0v) is 19.5. The van der Waals surface area contributed by atoms with E-state index in [0.29, 0.717) is 23.9 Å². The van der Waals surface area contributed by atoms with Gasteiger partial charge in [0.1, 0.15) is 11.5 Å². The molecular weight excluding hydrogens is 376 g/mol. The first-order valence-electron chi connectivity index (χ1n) is 11.2. The quantitative estimate of drug-likeness (QED) is 0.318. The lowest BCUT2D eigenvalue weighted by Gasteiger charge is -2.20. The Bertz CT molecular complexity index is 648. The highest BCUT2D eigenvalue weighted by molar-refractivity contribution is 7.99. The molecule has 0 radical (unpaired) electrons. The molecule has 1 atom stereocenters. The Morgan fingerprint density at radius 2 is 2.14 bits per heavy atom. The predicted octanol–water partition coefficient (Wildman–Crippen LogP) is 7.43. The molecule has 29 heavy (non-hydrogen) atoms. The molecule has 1 aliphatic rings. The summed E-state index contributed by atoms with van der Waals surface area (Å²) in [5, 5.41) is 9.49. The number of ketones is 1. The first-order chi connectivity index (χ1) is 14.0. The molecule has 0 aliphatic heterocycles. The fourth-order valence-electron chi connectivity index (χ4n) is 3.46. The van der Waals surface area contributed by atoms with Crippen LogP contribution in [0.1, 0.15) is 76.3 Å². The molecule has 3 heteroatoms. The topological polar surface area (TPSA) is 37.3 Å². The summed E-state index contributed by atoms with van der Waals surface area (Å²) in [6.07, 6.45) is 14.4. The fraction of sp³-hybridized carbons (Fsp3) is 0.577. The second-order valence-corrected chi connectivity index (χ2v) is 9.28. The number of benzene rings is 1. The number of aromatic hydroxyl groups is 1. The van der Waals surface area contributed by atoms with E-state index in [9.17, 15) is 9.90 Å². The first-order valence-corrected chi connectivity index (χ1v) is 12.3. The van der Waals surface area contributed by atoms with Crippen LogP contribution in [-0.4, -0.2) is 22.4 Å². The van der Waals surface area contributed by atoms with Gasteiger partial charge in [0, 0.05) is 12.8 Å². The maximum absolute atomic E-state index is 10.8. The molecule has 162 valence electrons. The van der Waals surface area contributed by atoms with Crippen LogP contribution in [0.25, 0.3) is 0 Å². The summed E-state index contributed by atoms with van der Waals surface area (Å²) in [5.41, 5.74) is 3.67. The lowest BCUT2D eigenvalue weighted by Crippen LogP contribution is -2.04. The molecule has 0 bridgehead atoms. The third-order valence-corrected chi connectivity index (χ3v) is 6.25. The van der Waals surface area contributed by atoms with Gasteiger partial charge in [-0.15, -0.1) is 0 Å². The molecule has 1 fully saturated rings. The Morgan fingerprint density at radius 1 is 1.34 bits per heavy atom. The van der Waals surface area contributed by atoms with Crippen molar-refractivity contribution in [2.45, 2.75) is 78.6 Å². The summed E-state index contributed by atoms with van der Waals surface area (Å²) < 4.78 is 0. The Hall–Kier alpha value is -1.48. The third kappa shape index (κ3) is 12.0. The summed E-state index contributed by atoms with van der Waals surface area (Å²) in [5.74, 6) is 3.81. The summed E-state index contributed by atoms with van der Waals surface area (Å²) in [4.78, 5) is 10.8. The number of hydrogen-bond donors (Lipinski definition) is 1. The zero-order chi connectivity index (χ0) is 21.5. The Labute approximate surface area is 182 Å². The summed E-state index contributed by atoms with van der Waals surface area (Å²) >= 11 is 1.91. The van der Waals surface area contributed by atoms with Crippen molar-refractivity contribution in [2.75, 3.05) is 11.5 Å². The van der Waals surface area contributed by atoms with Gasteiger partial charge in [0.15, 0.2) is 0 Å². The first kappa shape index (κ1) is 25.6. The number of thioether (sulfide) groups is 1. The molecule has 1 saturated carbocycles. The van der Waals surface area contributed by atoms with E-state index < -0.39 is 0 Å². The number of phenolic OH excluding ortho intramolecular Hbond substituents is 1. The van der Waals surface area contributed by atoms with Crippen LogP contribution in [0.15, 0.2) is 42.5 Å². The number of carbonyl (C=O) groups is 1. The second kappa shape index (κ2) is 15.4. The monoisotopic (exact) mass is 416 g/mol. The lowest BCUT2D eigenvalue weighted by atomic mass is 9.86. The predicted molar refractivity (Wildman–Crippen MR) is 129 cm³/mol. The molecule has 0 amide bonds. The van der Waals surface area contributed by atoms with Crippen molar-refractivity contribution in [1.82, 2.24) is 0 Å². The van der Waals surface area contributed by atoms with Gasteiger partial charge in [0.05, 0.1) is 0 Å². The van der Waals surface area contributed by atoms with Gasteiger partial charge in [-0.05, 0) is 86.5 Å². The van der Waals surface area contributed by atoms with Gasteiger partial charge in [-0.25, -0.2) is 0 Å². The van der Waals surface area contributed by atoms with E-state index in [1.165, 1.54) is 42.6 Å². The van der Waals surface area contributed by atoms with Crippen LogP contribution in [0.4, 0.5) is 0 Å². The number of allylic oxidation sites excluding steroid dienone is 3. The van der Waals surface area contributed by atoms with Gasteiger partial charge in [-0.1, -0.05) is 50.3 Å². The molecule has 0 spiro atoms. The second-order valence-electron chi connectivity index (χ2n) is 7.89. The summed E-state index contributed by atoms with van der Waals surface area (Å²) in [7, 11) is 0. The molecule has 1 unspecified atom stereocenters. The maximum atomic E-state index is 10.8. The highest BCUT2D eigenvalue weighted by atomic mass is 32.2. The van der Waals surface area contributed by atoms with E-state index in [0.717, 1.165) is 37.0 Å². The van der Waals surface area contributed by atoms with Crippen molar-refractivity contribution in [2.24, 2.45) is 5.92 Å². The molecule has 1 aliphatic carbocycles. The number of rotatable bonds is 10. The largest absolute Gasteiger partial charge is 0.508 e. The highest BCUT2D eigenvalue weighted by Crippen LogP contribution is 2.28. The number of aryl methyl sites for hydroxylation is 2. The number of Topliss-reactive ketones (excluding diaryl/α,β-unsaturated/α-hetero) is 1. The molecule has 0 aromatic heterocycles. The minimum Gasteiger partial charge on any atom is -0.508 e. The van der Waals surface area contributed by atoms with Crippen LogP contribution in [0, 0.1) is 12.8 Å². The molecular formula is C26H40O2S. The highest BCUT2D eigenvalue weighted by Gasteiger charge is 2.12. The summed E-state index contributed by atoms with van der Waals surface area (Å²) in [6.45, 7) is 10.1. The van der Waals surface area contributed by atoms with E-state index in [4.69, 9.17) is 0 Å². The lowest BCUT2D eigenvalue weighted by molar-refractivity contribution is -0.118. The van der Waals surface area contributed by atoms with Crippen LogP contribution in [0.3, 0.4) is 0 Å². The molecule has 1 aromatic rings. The normalized spacial score (nSPS) is 16.5. The average molecular weight is 417 g/mol.